The number of nitrogens with zero attached hydrogens (tertiary/aromatic N) is 1. The topological polar surface area (TPSA) is 15.3 Å². The van der Waals surface area contributed by atoms with E-state index in [1.165, 1.54) is 44.8 Å². The molecule has 1 rings (SSSR count). The Bertz CT molecular complexity index is 141. The normalized spacial score (nSPS) is 24.0. The summed E-state index contributed by atoms with van der Waals surface area (Å²) in [4.78, 5) is 2.60. The average molecular weight is 216 g/mol. The fourth-order valence-electron chi connectivity index (χ4n) is 1.77. The molecule has 1 atom stereocenters. The first kappa shape index (κ1) is 12.3. The van der Waals surface area contributed by atoms with Crippen LogP contribution >= 0.6 is 11.8 Å². The average Bonchev–Trinajstić information content (AvgIpc) is 2.25. The Balaban J connectivity index is 2.05. The summed E-state index contributed by atoms with van der Waals surface area (Å²) in [7, 11) is 0. The summed E-state index contributed by atoms with van der Waals surface area (Å²) >= 11 is 2.15. The summed E-state index contributed by atoms with van der Waals surface area (Å²) in [5.74, 6) is 1.33. The van der Waals surface area contributed by atoms with Crippen molar-refractivity contribution < 1.29 is 0 Å². The van der Waals surface area contributed by atoms with Crippen molar-refractivity contribution in [3.8, 4) is 0 Å². The van der Waals surface area contributed by atoms with Crippen LogP contribution in [0.1, 0.15) is 26.7 Å². The van der Waals surface area contributed by atoms with E-state index in [1.54, 1.807) is 0 Å². The summed E-state index contributed by atoms with van der Waals surface area (Å²) < 4.78 is 0. The van der Waals surface area contributed by atoms with Crippen LogP contribution in [-0.4, -0.2) is 48.6 Å². The van der Waals surface area contributed by atoms with Crippen LogP contribution in [0.4, 0.5) is 0 Å². The first-order valence-corrected chi connectivity index (χ1v) is 6.96. The lowest BCUT2D eigenvalue weighted by Crippen LogP contribution is -2.41. The number of hydrogen-bond acceptors (Lipinski definition) is 3. The molecule has 1 saturated heterocycles. The van der Waals surface area contributed by atoms with Crippen molar-refractivity contribution in [2.75, 3.05) is 38.5 Å². The van der Waals surface area contributed by atoms with Gasteiger partial charge in [0.25, 0.3) is 0 Å². The van der Waals surface area contributed by atoms with Crippen molar-refractivity contribution >= 4 is 11.8 Å². The number of nitrogens with one attached hydrogen (secondary N) is 1. The molecule has 3 heteroatoms. The van der Waals surface area contributed by atoms with Gasteiger partial charge in [0.05, 0.1) is 0 Å². The first-order chi connectivity index (χ1) is 6.86. The van der Waals surface area contributed by atoms with Gasteiger partial charge in [-0.25, -0.2) is 0 Å². The van der Waals surface area contributed by atoms with Gasteiger partial charge in [-0.1, -0.05) is 13.8 Å². The van der Waals surface area contributed by atoms with E-state index in [0.717, 1.165) is 11.8 Å². The standard InChI is InChI=1S/C11H24N2S/c1-3-5-12-6-7-13-8-9-14-11(4-2)10-13/h11-12H,3-10H2,1-2H3. The van der Waals surface area contributed by atoms with Gasteiger partial charge in [0.15, 0.2) is 0 Å². The molecular weight excluding hydrogens is 192 g/mol. The quantitative estimate of drug-likeness (QED) is 0.682. The molecule has 0 bridgehead atoms. The van der Waals surface area contributed by atoms with Crippen molar-refractivity contribution in [2.24, 2.45) is 0 Å². The lowest BCUT2D eigenvalue weighted by Gasteiger charge is -2.31. The SMILES string of the molecule is CCCNCCN1CCSC(CC)C1. The molecule has 1 unspecified atom stereocenters. The van der Waals surface area contributed by atoms with E-state index >= 15 is 0 Å². The minimum Gasteiger partial charge on any atom is -0.315 e. The Hall–Kier alpha value is 0.270. The Morgan fingerprint density at radius 1 is 1.36 bits per heavy atom. The van der Waals surface area contributed by atoms with Crippen molar-refractivity contribution in [3.63, 3.8) is 0 Å². The maximum atomic E-state index is 3.47. The Kier molecular flexibility index (Phi) is 6.65. The van der Waals surface area contributed by atoms with Gasteiger partial charge in [0, 0.05) is 37.2 Å². The summed E-state index contributed by atoms with van der Waals surface area (Å²) in [5, 5.41) is 4.35. The van der Waals surface area contributed by atoms with Crippen LogP contribution in [0.25, 0.3) is 0 Å². The largest absolute Gasteiger partial charge is 0.315 e. The summed E-state index contributed by atoms with van der Waals surface area (Å²) in [5.41, 5.74) is 0. The van der Waals surface area contributed by atoms with Gasteiger partial charge < -0.3 is 10.2 Å². The minimum atomic E-state index is 0.884. The molecule has 0 aliphatic carbocycles. The van der Waals surface area contributed by atoms with Gasteiger partial charge in [0.1, 0.15) is 0 Å². The van der Waals surface area contributed by atoms with Crippen molar-refractivity contribution in [3.05, 3.63) is 0 Å². The van der Waals surface area contributed by atoms with Crippen molar-refractivity contribution in [1.29, 1.82) is 0 Å². The van der Waals surface area contributed by atoms with E-state index in [2.05, 4.69) is 35.8 Å². The molecule has 1 heterocycles. The second-order valence-electron chi connectivity index (χ2n) is 3.95. The van der Waals surface area contributed by atoms with Gasteiger partial charge >= 0.3 is 0 Å². The Morgan fingerprint density at radius 3 is 2.93 bits per heavy atom. The van der Waals surface area contributed by atoms with E-state index in [0.29, 0.717) is 0 Å². The zero-order chi connectivity index (χ0) is 10.2. The summed E-state index contributed by atoms with van der Waals surface area (Å²) in [6, 6.07) is 0. The third kappa shape index (κ3) is 4.67. The molecule has 2 nitrogen and oxygen atoms in total. The molecule has 0 spiro atoms. The highest BCUT2D eigenvalue weighted by Gasteiger charge is 2.17. The molecular formula is C11H24N2S. The first-order valence-electron chi connectivity index (χ1n) is 5.91. The number of hydrogen-bond donors (Lipinski definition) is 1. The molecule has 1 aliphatic heterocycles. The Morgan fingerprint density at radius 2 is 2.21 bits per heavy atom. The monoisotopic (exact) mass is 216 g/mol. The molecule has 0 aromatic heterocycles. The molecule has 1 N–H and O–H groups in total. The summed E-state index contributed by atoms with van der Waals surface area (Å²) in [6.07, 6.45) is 2.57. The van der Waals surface area contributed by atoms with Crippen LogP contribution in [-0.2, 0) is 0 Å². The molecule has 1 aliphatic rings. The van der Waals surface area contributed by atoms with Crippen LogP contribution in [0.15, 0.2) is 0 Å². The maximum absolute atomic E-state index is 3.47. The van der Waals surface area contributed by atoms with Crippen LogP contribution in [0.3, 0.4) is 0 Å². The van der Waals surface area contributed by atoms with Crippen LogP contribution in [0, 0.1) is 0 Å². The maximum Gasteiger partial charge on any atom is 0.0172 e. The third-order valence-corrected chi connectivity index (χ3v) is 4.08. The highest BCUT2D eigenvalue weighted by molar-refractivity contribution is 8.00. The van der Waals surface area contributed by atoms with Crippen molar-refractivity contribution in [1.82, 2.24) is 10.2 Å². The van der Waals surface area contributed by atoms with E-state index in [1.807, 2.05) is 0 Å². The van der Waals surface area contributed by atoms with E-state index in [9.17, 15) is 0 Å². The highest BCUT2D eigenvalue weighted by atomic mass is 32.2. The number of rotatable bonds is 6. The van der Waals surface area contributed by atoms with Crippen molar-refractivity contribution in [2.45, 2.75) is 31.9 Å². The van der Waals surface area contributed by atoms with Crippen LogP contribution in [0.2, 0.25) is 0 Å². The van der Waals surface area contributed by atoms with Gasteiger partial charge in [-0.15, -0.1) is 0 Å². The van der Waals surface area contributed by atoms with Gasteiger partial charge in [-0.3, -0.25) is 0 Å². The second kappa shape index (κ2) is 7.55. The molecule has 0 saturated carbocycles. The van der Waals surface area contributed by atoms with Crippen LogP contribution in [0.5, 0.6) is 0 Å². The Labute approximate surface area is 92.8 Å². The van der Waals surface area contributed by atoms with Gasteiger partial charge in [0.2, 0.25) is 0 Å². The zero-order valence-corrected chi connectivity index (χ0v) is 10.4. The van der Waals surface area contributed by atoms with Crippen LogP contribution < -0.4 is 5.32 Å². The molecule has 14 heavy (non-hydrogen) atoms. The molecule has 84 valence electrons. The fraction of sp³-hybridized carbons (Fsp3) is 1.00. The van der Waals surface area contributed by atoms with E-state index in [-0.39, 0.29) is 0 Å². The smallest absolute Gasteiger partial charge is 0.0172 e. The fourth-order valence-corrected chi connectivity index (χ4v) is 3.02. The molecule has 0 radical (unpaired) electrons. The number of thioether (sulfide) groups is 1. The molecule has 0 amide bonds. The molecule has 0 aromatic carbocycles. The van der Waals surface area contributed by atoms with E-state index < -0.39 is 0 Å². The minimum absolute atomic E-state index is 0.884. The van der Waals surface area contributed by atoms with Gasteiger partial charge in [-0.05, 0) is 19.4 Å². The van der Waals surface area contributed by atoms with Gasteiger partial charge in [-0.2, -0.15) is 11.8 Å². The lowest BCUT2D eigenvalue weighted by molar-refractivity contribution is 0.280. The lowest BCUT2D eigenvalue weighted by atomic mass is 10.3. The predicted octanol–water partition coefficient (Wildman–Crippen LogP) is 1.81. The third-order valence-electron chi connectivity index (χ3n) is 2.71. The highest BCUT2D eigenvalue weighted by Crippen LogP contribution is 2.20. The molecule has 0 aromatic rings. The summed E-state index contributed by atoms with van der Waals surface area (Å²) in [6.45, 7) is 10.7. The van der Waals surface area contributed by atoms with E-state index in [4.69, 9.17) is 0 Å². The second-order valence-corrected chi connectivity index (χ2v) is 5.36. The zero-order valence-electron chi connectivity index (χ0n) is 9.59. The molecule has 1 fully saturated rings. The predicted molar refractivity (Wildman–Crippen MR) is 66.1 cm³/mol.